The summed E-state index contributed by atoms with van der Waals surface area (Å²) in [5, 5.41) is 0. The number of ether oxygens (including phenoxy) is 2. The van der Waals surface area contributed by atoms with Gasteiger partial charge in [0.15, 0.2) is 11.5 Å². The number of benzene rings is 2. The Balaban J connectivity index is 1.66. The molecule has 8 heteroatoms. The maximum absolute atomic E-state index is 13.2. The fourth-order valence-corrected chi connectivity index (χ4v) is 4.89. The molecule has 7 nitrogen and oxygen atoms in total. The van der Waals surface area contributed by atoms with Crippen molar-refractivity contribution in [1.29, 1.82) is 0 Å². The molecule has 0 aliphatic carbocycles. The van der Waals surface area contributed by atoms with Crippen LogP contribution in [0.3, 0.4) is 0 Å². The molecule has 1 atom stereocenters. The van der Waals surface area contributed by atoms with Crippen LogP contribution in [0.25, 0.3) is 0 Å². The van der Waals surface area contributed by atoms with Crippen molar-refractivity contribution in [3.63, 3.8) is 0 Å². The van der Waals surface area contributed by atoms with Crippen molar-refractivity contribution in [2.75, 3.05) is 34.7 Å². The lowest BCUT2D eigenvalue weighted by atomic mass is 10.1. The molecule has 0 bridgehead atoms. The molecule has 1 amide bonds. The highest BCUT2D eigenvalue weighted by Gasteiger charge is 2.34. The first-order valence-corrected chi connectivity index (χ1v) is 11.3. The van der Waals surface area contributed by atoms with Crippen LogP contribution in [0.15, 0.2) is 42.5 Å². The van der Waals surface area contributed by atoms with Crippen molar-refractivity contribution < 1.29 is 22.7 Å². The lowest BCUT2D eigenvalue weighted by molar-refractivity contribution is -0.117. The molecular weight excluding hydrogens is 392 g/mol. The minimum atomic E-state index is -3.67. The smallest absolute Gasteiger partial charge is 0.248 e. The van der Waals surface area contributed by atoms with E-state index in [-0.39, 0.29) is 24.2 Å². The van der Waals surface area contributed by atoms with Gasteiger partial charge in [0.2, 0.25) is 15.9 Å². The molecular formula is C21H24N2O5S. The van der Waals surface area contributed by atoms with Gasteiger partial charge in [0.1, 0.15) is 19.8 Å². The summed E-state index contributed by atoms with van der Waals surface area (Å²) in [5.41, 5.74) is 2.34. The Bertz CT molecular complexity index is 1040. The summed E-state index contributed by atoms with van der Waals surface area (Å²) in [5.74, 6) is 0.690. The number of para-hydroxylation sites is 1. The first kappa shape index (κ1) is 19.6. The number of amides is 1. The van der Waals surface area contributed by atoms with Crippen LogP contribution in [-0.2, 0) is 21.2 Å². The largest absolute Gasteiger partial charge is 0.486 e. The Morgan fingerprint density at radius 3 is 2.62 bits per heavy atom. The summed E-state index contributed by atoms with van der Waals surface area (Å²) >= 11 is 0. The highest BCUT2D eigenvalue weighted by Crippen LogP contribution is 2.36. The zero-order valence-corrected chi connectivity index (χ0v) is 17.3. The minimum absolute atomic E-state index is 0.0219. The SMILES string of the molecule is CCS(=O)(=O)N(CC(=O)N1c2ccccc2CC1C)c1ccc2c(c1)OCCO2. The third-order valence-electron chi connectivity index (χ3n) is 5.27. The van der Waals surface area contributed by atoms with Gasteiger partial charge >= 0.3 is 0 Å². The third kappa shape index (κ3) is 3.64. The zero-order valence-electron chi connectivity index (χ0n) is 16.5. The van der Waals surface area contributed by atoms with E-state index < -0.39 is 10.0 Å². The highest BCUT2D eigenvalue weighted by molar-refractivity contribution is 7.92. The van der Waals surface area contributed by atoms with Crippen molar-refractivity contribution in [2.45, 2.75) is 26.3 Å². The lowest BCUT2D eigenvalue weighted by Crippen LogP contribution is -2.45. The number of hydrogen-bond donors (Lipinski definition) is 0. The molecule has 0 saturated carbocycles. The van der Waals surface area contributed by atoms with Crippen molar-refractivity contribution in [2.24, 2.45) is 0 Å². The number of rotatable bonds is 5. The van der Waals surface area contributed by atoms with E-state index in [1.165, 1.54) is 4.31 Å². The van der Waals surface area contributed by atoms with Gasteiger partial charge in [0.25, 0.3) is 0 Å². The van der Waals surface area contributed by atoms with Gasteiger partial charge in [0, 0.05) is 17.8 Å². The summed E-state index contributed by atoms with van der Waals surface area (Å²) < 4.78 is 37.9. The van der Waals surface area contributed by atoms with Gasteiger partial charge in [0.05, 0.1) is 11.4 Å². The number of fused-ring (bicyclic) bond motifs is 2. The Kier molecular flexibility index (Phi) is 5.12. The average molecular weight is 416 g/mol. The third-order valence-corrected chi connectivity index (χ3v) is 7.01. The number of hydrogen-bond acceptors (Lipinski definition) is 5. The molecule has 2 aromatic carbocycles. The maximum Gasteiger partial charge on any atom is 0.248 e. The molecule has 2 aromatic rings. The fraction of sp³-hybridized carbons (Fsp3) is 0.381. The second-order valence-electron chi connectivity index (χ2n) is 7.18. The number of nitrogens with zero attached hydrogens (tertiary/aromatic N) is 2. The van der Waals surface area contributed by atoms with Gasteiger partial charge in [-0.05, 0) is 44.0 Å². The van der Waals surface area contributed by atoms with Gasteiger partial charge in [-0.2, -0.15) is 0 Å². The Labute approximate surface area is 170 Å². The molecule has 29 heavy (non-hydrogen) atoms. The summed E-state index contributed by atoms with van der Waals surface area (Å²) in [6, 6.07) is 12.7. The molecule has 0 spiro atoms. The molecule has 0 saturated heterocycles. The average Bonchev–Trinajstić information content (AvgIpc) is 3.07. The summed E-state index contributed by atoms with van der Waals surface area (Å²) in [6.45, 7) is 4.12. The first-order valence-electron chi connectivity index (χ1n) is 9.70. The van der Waals surface area contributed by atoms with E-state index in [4.69, 9.17) is 9.47 Å². The highest BCUT2D eigenvalue weighted by atomic mass is 32.2. The molecule has 0 radical (unpaired) electrons. The second-order valence-corrected chi connectivity index (χ2v) is 9.36. The van der Waals surface area contributed by atoms with Crippen LogP contribution in [-0.4, -0.2) is 45.9 Å². The lowest BCUT2D eigenvalue weighted by Gasteiger charge is -2.29. The molecule has 0 N–H and O–H groups in total. The van der Waals surface area contributed by atoms with Crippen LogP contribution in [0.2, 0.25) is 0 Å². The van der Waals surface area contributed by atoms with Crippen LogP contribution >= 0.6 is 0 Å². The fourth-order valence-electron chi connectivity index (χ4n) is 3.84. The van der Waals surface area contributed by atoms with Crippen molar-refractivity contribution in [3.8, 4) is 11.5 Å². The van der Waals surface area contributed by atoms with Crippen LogP contribution in [0.5, 0.6) is 11.5 Å². The number of carbonyl (C=O) groups is 1. The molecule has 2 heterocycles. The van der Waals surface area contributed by atoms with E-state index in [1.807, 2.05) is 31.2 Å². The van der Waals surface area contributed by atoms with Gasteiger partial charge in [-0.15, -0.1) is 0 Å². The van der Waals surface area contributed by atoms with Gasteiger partial charge in [-0.1, -0.05) is 18.2 Å². The van der Waals surface area contributed by atoms with Crippen molar-refractivity contribution >= 4 is 27.3 Å². The normalized spacial score (nSPS) is 17.7. The van der Waals surface area contributed by atoms with E-state index in [0.717, 1.165) is 17.7 Å². The van der Waals surface area contributed by atoms with Gasteiger partial charge in [-0.25, -0.2) is 8.42 Å². The molecule has 2 aliphatic heterocycles. The second kappa shape index (κ2) is 7.59. The van der Waals surface area contributed by atoms with E-state index in [9.17, 15) is 13.2 Å². The van der Waals surface area contributed by atoms with Crippen LogP contribution in [0.1, 0.15) is 19.4 Å². The van der Waals surface area contributed by atoms with E-state index in [2.05, 4.69) is 0 Å². The van der Waals surface area contributed by atoms with Crippen molar-refractivity contribution in [3.05, 3.63) is 48.0 Å². The van der Waals surface area contributed by atoms with Crippen LogP contribution in [0, 0.1) is 0 Å². The van der Waals surface area contributed by atoms with Gasteiger partial charge in [-0.3, -0.25) is 9.10 Å². The number of anilines is 2. The topological polar surface area (TPSA) is 76.2 Å². The number of carbonyl (C=O) groups excluding carboxylic acids is 1. The molecule has 2 aliphatic rings. The van der Waals surface area contributed by atoms with E-state index >= 15 is 0 Å². The minimum Gasteiger partial charge on any atom is -0.486 e. The van der Waals surface area contributed by atoms with Crippen LogP contribution < -0.4 is 18.7 Å². The van der Waals surface area contributed by atoms with Crippen LogP contribution in [0.4, 0.5) is 11.4 Å². The Morgan fingerprint density at radius 1 is 1.14 bits per heavy atom. The quantitative estimate of drug-likeness (QED) is 0.749. The summed E-state index contributed by atoms with van der Waals surface area (Å²) in [4.78, 5) is 14.9. The van der Waals surface area contributed by atoms with Crippen molar-refractivity contribution in [1.82, 2.24) is 0 Å². The van der Waals surface area contributed by atoms with E-state index in [0.29, 0.717) is 30.4 Å². The number of sulfonamides is 1. The molecule has 1 unspecified atom stereocenters. The van der Waals surface area contributed by atoms with Gasteiger partial charge < -0.3 is 14.4 Å². The summed E-state index contributed by atoms with van der Waals surface area (Å²) in [6.07, 6.45) is 0.756. The molecule has 154 valence electrons. The van der Waals surface area contributed by atoms with E-state index in [1.54, 1.807) is 30.0 Å². The zero-order chi connectivity index (χ0) is 20.6. The summed E-state index contributed by atoms with van der Waals surface area (Å²) in [7, 11) is -3.67. The first-order chi connectivity index (χ1) is 13.9. The monoisotopic (exact) mass is 416 g/mol. The maximum atomic E-state index is 13.2. The molecule has 0 aromatic heterocycles. The Hall–Kier alpha value is -2.74. The molecule has 0 fully saturated rings. The Morgan fingerprint density at radius 2 is 1.86 bits per heavy atom. The standard InChI is InChI=1S/C21H24N2O5S/c1-3-29(25,26)22(17-8-9-19-20(13-17)28-11-10-27-19)14-21(24)23-15(2)12-16-6-4-5-7-18(16)23/h4-9,13,15H,3,10-12,14H2,1-2H3. The predicted molar refractivity (Wildman–Crippen MR) is 111 cm³/mol. The predicted octanol–water partition coefficient (Wildman–Crippen LogP) is 2.59. The molecule has 4 rings (SSSR count).